The summed E-state index contributed by atoms with van der Waals surface area (Å²) in [6.07, 6.45) is 0.417. The Morgan fingerprint density at radius 1 is 1.15 bits per heavy atom. The van der Waals surface area contributed by atoms with Crippen LogP contribution in [-0.2, 0) is 12.0 Å². The molecular formula is C23H29NO2. The lowest BCUT2D eigenvalue weighted by Crippen LogP contribution is -2.42. The average molecular weight is 351 g/mol. The van der Waals surface area contributed by atoms with E-state index < -0.39 is 11.6 Å². The Labute approximate surface area is 157 Å². The van der Waals surface area contributed by atoms with Crippen molar-refractivity contribution in [3.63, 3.8) is 0 Å². The first-order valence-electron chi connectivity index (χ1n) is 9.03. The number of allylic oxidation sites excluding steroid dienone is 1. The molecule has 0 saturated carbocycles. The molecule has 0 aromatic heterocycles. The molecule has 0 heterocycles. The lowest BCUT2D eigenvalue weighted by molar-refractivity contribution is 0.188. The Morgan fingerprint density at radius 2 is 1.85 bits per heavy atom. The van der Waals surface area contributed by atoms with Crippen molar-refractivity contribution in [1.29, 1.82) is 0 Å². The summed E-state index contributed by atoms with van der Waals surface area (Å²) in [7, 11) is 0. The quantitative estimate of drug-likeness (QED) is 0.699. The van der Waals surface area contributed by atoms with E-state index in [0.717, 1.165) is 28.7 Å². The van der Waals surface area contributed by atoms with Crippen molar-refractivity contribution in [3.05, 3.63) is 71.8 Å². The molecule has 2 rings (SSSR count). The second kappa shape index (κ2) is 8.22. The smallest absolute Gasteiger partial charge is 0.410 e. The van der Waals surface area contributed by atoms with Gasteiger partial charge in [0.2, 0.25) is 0 Å². The van der Waals surface area contributed by atoms with Gasteiger partial charge in [0, 0.05) is 0 Å². The van der Waals surface area contributed by atoms with Crippen molar-refractivity contribution in [2.24, 2.45) is 5.92 Å². The van der Waals surface area contributed by atoms with Gasteiger partial charge in [-0.3, -0.25) is 0 Å². The standard InChI is InChI=1S/C23H29NO2/c1-16(2)14-19-10-7-8-13-21(19)26-22(25)24-23(5,6)20-12-9-11-18(15-20)17(3)4/h7-13,15-16H,3,14H2,1-2,4-6H3,(H,24,25). The minimum atomic E-state index is -0.560. The number of amides is 1. The van der Waals surface area contributed by atoms with Gasteiger partial charge >= 0.3 is 6.09 Å². The summed E-state index contributed by atoms with van der Waals surface area (Å²) in [5.74, 6) is 1.11. The van der Waals surface area contributed by atoms with Crippen molar-refractivity contribution in [2.75, 3.05) is 0 Å². The van der Waals surface area contributed by atoms with Gasteiger partial charge in [0.15, 0.2) is 0 Å². The number of ether oxygens (including phenoxy) is 1. The van der Waals surface area contributed by atoms with Gasteiger partial charge in [-0.05, 0) is 61.9 Å². The van der Waals surface area contributed by atoms with E-state index in [1.165, 1.54) is 0 Å². The van der Waals surface area contributed by atoms with Gasteiger partial charge in [-0.1, -0.05) is 62.4 Å². The number of carbonyl (C=O) groups is 1. The highest BCUT2D eigenvalue weighted by Crippen LogP contribution is 2.25. The van der Waals surface area contributed by atoms with Gasteiger partial charge in [0.1, 0.15) is 5.75 Å². The molecule has 2 aromatic rings. The fourth-order valence-corrected chi connectivity index (χ4v) is 2.84. The van der Waals surface area contributed by atoms with Crippen LogP contribution >= 0.6 is 0 Å². The summed E-state index contributed by atoms with van der Waals surface area (Å²) < 4.78 is 5.61. The summed E-state index contributed by atoms with van der Waals surface area (Å²) in [5.41, 5.74) is 3.54. The van der Waals surface area contributed by atoms with E-state index >= 15 is 0 Å². The lowest BCUT2D eigenvalue weighted by atomic mass is 9.92. The fraction of sp³-hybridized carbons (Fsp3) is 0.348. The third-order valence-corrected chi connectivity index (χ3v) is 4.30. The van der Waals surface area contributed by atoms with Crippen LogP contribution in [0.5, 0.6) is 5.75 Å². The highest BCUT2D eigenvalue weighted by atomic mass is 16.6. The molecule has 0 bridgehead atoms. The van der Waals surface area contributed by atoms with E-state index in [1.54, 1.807) is 0 Å². The molecule has 1 amide bonds. The maximum Gasteiger partial charge on any atom is 0.413 e. The first-order valence-corrected chi connectivity index (χ1v) is 9.03. The molecule has 0 atom stereocenters. The van der Waals surface area contributed by atoms with E-state index in [4.69, 9.17) is 4.74 Å². The fourth-order valence-electron chi connectivity index (χ4n) is 2.84. The number of rotatable bonds is 6. The molecule has 0 aliphatic carbocycles. The lowest BCUT2D eigenvalue weighted by Gasteiger charge is -2.27. The normalized spacial score (nSPS) is 11.3. The van der Waals surface area contributed by atoms with Crippen LogP contribution in [0.15, 0.2) is 55.1 Å². The molecule has 0 fully saturated rings. The predicted molar refractivity (Wildman–Crippen MR) is 108 cm³/mol. The van der Waals surface area contributed by atoms with Crippen molar-refractivity contribution in [2.45, 2.75) is 46.6 Å². The van der Waals surface area contributed by atoms with Crippen LogP contribution in [-0.4, -0.2) is 6.09 Å². The second-order valence-electron chi connectivity index (χ2n) is 7.71. The van der Waals surface area contributed by atoms with Crippen molar-refractivity contribution < 1.29 is 9.53 Å². The monoisotopic (exact) mass is 351 g/mol. The van der Waals surface area contributed by atoms with Crippen molar-refractivity contribution in [3.8, 4) is 5.75 Å². The molecule has 0 radical (unpaired) electrons. The van der Waals surface area contributed by atoms with Crippen LogP contribution < -0.4 is 10.1 Å². The third kappa shape index (κ3) is 5.22. The van der Waals surface area contributed by atoms with Gasteiger partial charge in [-0.25, -0.2) is 4.79 Å². The van der Waals surface area contributed by atoms with Crippen LogP contribution in [0.4, 0.5) is 4.79 Å². The highest BCUT2D eigenvalue weighted by Gasteiger charge is 2.24. The zero-order valence-corrected chi connectivity index (χ0v) is 16.4. The number of para-hydroxylation sites is 1. The topological polar surface area (TPSA) is 38.3 Å². The zero-order chi connectivity index (χ0) is 19.3. The predicted octanol–water partition coefficient (Wildman–Crippen LogP) is 5.94. The largest absolute Gasteiger partial charge is 0.413 e. The highest BCUT2D eigenvalue weighted by molar-refractivity contribution is 5.72. The van der Waals surface area contributed by atoms with Gasteiger partial charge in [0.05, 0.1) is 5.54 Å². The van der Waals surface area contributed by atoms with E-state index in [0.29, 0.717) is 11.7 Å². The van der Waals surface area contributed by atoms with E-state index in [2.05, 4.69) is 31.8 Å². The number of hydrogen-bond acceptors (Lipinski definition) is 2. The molecule has 3 heteroatoms. The molecule has 26 heavy (non-hydrogen) atoms. The van der Waals surface area contributed by atoms with E-state index in [1.807, 2.05) is 63.2 Å². The zero-order valence-electron chi connectivity index (χ0n) is 16.4. The molecule has 3 nitrogen and oxygen atoms in total. The Hall–Kier alpha value is -2.55. The van der Waals surface area contributed by atoms with Gasteiger partial charge < -0.3 is 10.1 Å². The molecule has 138 valence electrons. The van der Waals surface area contributed by atoms with E-state index in [9.17, 15) is 4.79 Å². The van der Waals surface area contributed by atoms with Gasteiger partial charge in [-0.2, -0.15) is 0 Å². The average Bonchev–Trinajstić information content (AvgIpc) is 2.56. The van der Waals surface area contributed by atoms with Crippen LogP contribution in [0, 0.1) is 5.92 Å². The van der Waals surface area contributed by atoms with Gasteiger partial charge in [0.25, 0.3) is 0 Å². The minimum absolute atomic E-state index is 0.452. The molecule has 2 aromatic carbocycles. The summed E-state index contributed by atoms with van der Waals surface area (Å²) in [6.45, 7) is 14.2. The molecular weight excluding hydrogens is 322 g/mol. The van der Waals surface area contributed by atoms with Gasteiger partial charge in [-0.15, -0.1) is 0 Å². The molecule has 0 aliphatic heterocycles. The number of benzene rings is 2. The second-order valence-corrected chi connectivity index (χ2v) is 7.71. The molecule has 0 aliphatic rings. The number of carbonyl (C=O) groups excluding carboxylic acids is 1. The molecule has 0 spiro atoms. The van der Waals surface area contributed by atoms with Crippen LogP contribution in [0.2, 0.25) is 0 Å². The Bertz CT molecular complexity index is 790. The SMILES string of the molecule is C=C(C)c1cccc(C(C)(C)NC(=O)Oc2ccccc2CC(C)C)c1. The summed E-state index contributed by atoms with van der Waals surface area (Å²) in [6, 6.07) is 15.7. The number of nitrogens with one attached hydrogen (secondary N) is 1. The van der Waals surface area contributed by atoms with Crippen molar-refractivity contribution >= 4 is 11.7 Å². The molecule has 0 unspecified atom stereocenters. The Balaban J connectivity index is 2.14. The van der Waals surface area contributed by atoms with E-state index in [-0.39, 0.29) is 0 Å². The van der Waals surface area contributed by atoms with Crippen LogP contribution in [0.1, 0.15) is 51.3 Å². The first kappa shape index (κ1) is 19.8. The maximum absolute atomic E-state index is 12.5. The third-order valence-electron chi connectivity index (χ3n) is 4.30. The summed E-state index contributed by atoms with van der Waals surface area (Å²) >= 11 is 0. The maximum atomic E-state index is 12.5. The molecule has 0 saturated heterocycles. The van der Waals surface area contributed by atoms with Crippen molar-refractivity contribution in [1.82, 2.24) is 5.32 Å². The first-order chi connectivity index (χ1) is 12.2. The van der Waals surface area contributed by atoms with Crippen LogP contribution in [0.25, 0.3) is 5.57 Å². The Kier molecular flexibility index (Phi) is 6.25. The Morgan fingerprint density at radius 3 is 2.50 bits per heavy atom. The van der Waals surface area contributed by atoms with Crippen LogP contribution in [0.3, 0.4) is 0 Å². The summed E-state index contributed by atoms with van der Waals surface area (Å²) in [4.78, 5) is 12.5. The molecule has 1 N–H and O–H groups in total. The summed E-state index contributed by atoms with van der Waals surface area (Å²) in [5, 5.41) is 2.98. The number of hydrogen-bond donors (Lipinski definition) is 1. The minimum Gasteiger partial charge on any atom is -0.410 e.